The largest absolute Gasteiger partial charge is 0.493 e. The van der Waals surface area contributed by atoms with Crippen LogP contribution < -0.4 is 20.1 Å². The molecule has 2 N–H and O–H groups in total. The molecule has 2 amide bonds. The quantitative estimate of drug-likeness (QED) is 0.322. The lowest BCUT2D eigenvalue weighted by molar-refractivity contribution is -0.124. The van der Waals surface area contributed by atoms with Crippen LogP contribution in [0.2, 0.25) is 0 Å². The Morgan fingerprint density at radius 3 is 1.97 bits per heavy atom. The Morgan fingerprint density at radius 1 is 0.862 bits per heavy atom. The molecule has 0 spiro atoms. The van der Waals surface area contributed by atoms with E-state index in [4.69, 9.17) is 9.47 Å². The number of amides is 2. The van der Waals surface area contributed by atoms with E-state index >= 15 is 0 Å². The van der Waals surface area contributed by atoms with Gasteiger partial charge in [-0.15, -0.1) is 0 Å². The molecule has 0 aliphatic rings. The third-order valence-electron chi connectivity index (χ3n) is 4.65. The average Bonchev–Trinajstić information content (AvgIpc) is 2.73. The first kappa shape index (κ1) is 24.8. The van der Waals surface area contributed by atoms with Crippen LogP contribution in [0.25, 0.3) is 0 Å². The fraction of sp³-hybridized carbons (Fsp3) is 0.652. The fourth-order valence-corrected chi connectivity index (χ4v) is 2.86. The summed E-state index contributed by atoms with van der Waals surface area (Å²) in [4.78, 5) is 24.6. The molecule has 0 radical (unpaired) electrons. The Kier molecular flexibility index (Phi) is 12.6. The molecule has 29 heavy (non-hydrogen) atoms. The molecule has 0 atom stereocenters. The average molecular weight is 407 g/mol. The summed E-state index contributed by atoms with van der Waals surface area (Å²) in [6.45, 7) is 6.87. The molecule has 0 aromatic heterocycles. The molecule has 6 nitrogen and oxygen atoms in total. The van der Waals surface area contributed by atoms with Gasteiger partial charge < -0.3 is 20.1 Å². The highest BCUT2D eigenvalue weighted by Crippen LogP contribution is 2.30. The Bertz CT molecular complexity index is 597. The van der Waals surface area contributed by atoms with Crippen LogP contribution in [0.3, 0.4) is 0 Å². The number of hydrogen-bond acceptors (Lipinski definition) is 4. The molecule has 0 bridgehead atoms. The van der Waals surface area contributed by atoms with E-state index in [9.17, 15) is 9.59 Å². The van der Waals surface area contributed by atoms with Crippen molar-refractivity contribution in [1.82, 2.24) is 10.6 Å². The Balaban J connectivity index is 2.93. The predicted molar refractivity (Wildman–Crippen MR) is 116 cm³/mol. The Morgan fingerprint density at radius 2 is 1.45 bits per heavy atom. The molecule has 0 heterocycles. The van der Waals surface area contributed by atoms with Crippen LogP contribution in [0.4, 0.5) is 0 Å². The van der Waals surface area contributed by atoms with E-state index < -0.39 is 6.17 Å². The van der Waals surface area contributed by atoms with Crippen molar-refractivity contribution in [2.75, 3.05) is 13.7 Å². The van der Waals surface area contributed by atoms with Crippen molar-refractivity contribution in [2.24, 2.45) is 0 Å². The number of rotatable bonds is 15. The molecule has 1 aromatic rings. The van der Waals surface area contributed by atoms with Gasteiger partial charge in [0.1, 0.15) is 6.17 Å². The second-order valence-electron chi connectivity index (χ2n) is 7.24. The van der Waals surface area contributed by atoms with Gasteiger partial charge in [0.25, 0.3) is 0 Å². The summed E-state index contributed by atoms with van der Waals surface area (Å²) < 4.78 is 11.3. The van der Waals surface area contributed by atoms with Gasteiger partial charge in [0.15, 0.2) is 11.5 Å². The van der Waals surface area contributed by atoms with Crippen molar-refractivity contribution >= 4 is 11.8 Å². The molecule has 6 heteroatoms. The van der Waals surface area contributed by atoms with E-state index in [0.717, 1.165) is 50.5 Å². The highest BCUT2D eigenvalue weighted by molar-refractivity contribution is 5.79. The number of hydrogen-bond donors (Lipinski definition) is 2. The van der Waals surface area contributed by atoms with Crippen LogP contribution in [0.15, 0.2) is 18.2 Å². The van der Waals surface area contributed by atoms with E-state index in [1.165, 1.54) is 0 Å². The molecule has 164 valence electrons. The second kappa shape index (κ2) is 14.7. The normalized spacial score (nSPS) is 10.7. The van der Waals surface area contributed by atoms with Crippen molar-refractivity contribution in [1.29, 1.82) is 0 Å². The molecular weight excluding hydrogens is 368 g/mol. The van der Waals surface area contributed by atoms with E-state index in [1.807, 2.05) is 32.0 Å². The molecular formula is C23H38N2O4. The number of methoxy groups -OCH3 is 1. The van der Waals surface area contributed by atoms with E-state index in [1.54, 1.807) is 7.11 Å². The molecule has 0 saturated heterocycles. The van der Waals surface area contributed by atoms with Gasteiger partial charge in [-0.1, -0.05) is 52.5 Å². The van der Waals surface area contributed by atoms with Crippen molar-refractivity contribution in [3.63, 3.8) is 0 Å². The third kappa shape index (κ3) is 9.68. The zero-order valence-electron chi connectivity index (χ0n) is 18.5. The molecule has 1 aromatic carbocycles. The van der Waals surface area contributed by atoms with Gasteiger partial charge in [0.2, 0.25) is 11.8 Å². The number of ether oxygens (including phenoxy) is 2. The number of benzene rings is 1. The number of nitrogens with one attached hydrogen (secondary N) is 2. The van der Waals surface area contributed by atoms with Crippen LogP contribution in [0.1, 0.15) is 90.3 Å². The molecule has 0 fully saturated rings. The first-order chi connectivity index (χ1) is 14.0. The Hall–Kier alpha value is -2.24. The zero-order chi connectivity index (χ0) is 21.5. The topological polar surface area (TPSA) is 76.7 Å². The van der Waals surface area contributed by atoms with Gasteiger partial charge in [0.05, 0.1) is 13.7 Å². The van der Waals surface area contributed by atoms with E-state index in [-0.39, 0.29) is 11.8 Å². The van der Waals surface area contributed by atoms with Crippen molar-refractivity contribution in [3.8, 4) is 11.5 Å². The summed E-state index contributed by atoms with van der Waals surface area (Å²) in [5.74, 6) is 1.10. The lowest BCUT2D eigenvalue weighted by Crippen LogP contribution is -2.41. The first-order valence-electron chi connectivity index (χ1n) is 10.9. The highest BCUT2D eigenvalue weighted by Gasteiger charge is 2.19. The van der Waals surface area contributed by atoms with Gasteiger partial charge in [-0.05, 0) is 37.0 Å². The SMILES string of the molecule is CCCCCOc1ccc(C(NC(=O)CCCC)NC(=O)CCCC)cc1OC. The summed E-state index contributed by atoms with van der Waals surface area (Å²) in [5, 5.41) is 5.88. The minimum Gasteiger partial charge on any atom is -0.493 e. The standard InChI is InChI=1S/C23H38N2O4/c1-5-8-11-16-29-19-15-14-18(17-20(19)28-4)23(24-21(26)12-9-6-2)25-22(27)13-10-7-3/h14-15,17,23H,5-13,16H2,1-4H3,(H,24,26)(H,25,27). The lowest BCUT2D eigenvalue weighted by Gasteiger charge is -2.22. The summed E-state index contributed by atoms with van der Waals surface area (Å²) >= 11 is 0. The van der Waals surface area contributed by atoms with E-state index in [0.29, 0.717) is 30.9 Å². The van der Waals surface area contributed by atoms with E-state index in [2.05, 4.69) is 17.6 Å². The molecule has 0 unspecified atom stereocenters. The minimum absolute atomic E-state index is 0.0773. The number of carbonyl (C=O) groups excluding carboxylic acids is 2. The summed E-state index contributed by atoms with van der Waals surface area (Å²) in [6.07, 6.45) is 7.05. The van der Waals surface area contributed by atoms with Crippen LogP contribution >= 0.6 is 0 Å². The maximum Gasteiger partial charge on any atom is 0.221 e. The van der Waals surface area contributed by atoms with Gasteiger partial charge in [-0.3, -0.25) is 9.59 Å². The number of unbranched alkanes of at least 4 members (excludes halogenated alkanes) is 4. The monoisotopic (exact) mass is 406 g/mol. The molecule has 1 rings (SSSR count). The predicted octanol–water partition coefficient (Wildman–Crippen LogP) is 4.88. The summed E-state index contributed by atoms with van der Waals surface area (Å²) in [5.41, 5.74) is 0.762. The Labute approximate surface area is 175 Å². The van der Waals surface area contributed by atoms with Crippen LogP contribution in [-0.2, 0) is 9.59 Å². The van der Waals surface area contributed by atoms with Crippen molar-refractivity contribution in [2.45, 2.75) is 84.7 Å². The highest BCUT2D eigenvalue weighted by atomic mass is 16.5. The van der Waals surface area contributed by atoms with Crippen molar-refractivity contribution in [3.05, 3.63) is 23.8 Å². The molecule has 0 saturated carbocycles. The maximum absolute atomic E-state index is 12.3. The van der Waals surface area contributed by atoms with Gasteiger partial charge in [-0.25, -0.2) is 0 Å². The smallest absolute Gasteiger partial charge is 0.221 e. The first-order valence-corrected chi connectivity index (χ1v) is 10.9. The molecule has 0 aliphatic heterocycles. The zero-order valence-corrected chi connectivity index (χ0v) is 18.5. The minimum atomic E-state index is -0.591. The van der Waals surface area contributed by atoms with Gasteiger partial charge in [-0.2, -0.15) is 0 Å². The summed E-state index contributed by atoms with van der Waals surface area (Å²) in [7, 11) is 1.59. The van der Waals surface area contributed by atoms with Crippen LogP contribution in [-0.4, -0.2) is 25.5 Å². The van der Waals surface area contributed by atoms with Gasteiger partial charge >= 0.3 is 0 Å². The summed E-state index contributed by atoms with van der Waals surface area (Å²) in [6, 6.07) is 5.52. The second-order valence-corrected chi connectivity index (χ2v) is 7.24. The lowest BCUT2D eigenvalue weighted by atomic mass is 10.1. The fourth-order valence-electron chi connectivity index (χ4n) is 2.86. The van der Waals surface area contributed by atoms with Crippen LogP contribution in [0.5, 0.6) is 11.5 Å². The van der Waals surface area contributed by atoms with Crippen molar-refractivity contribution < 1.29 is 19.1 Å². The molecule has 0 aliphatic carbocycles. The number of carbonyl (C=O) groups is 2. The third-order valence-corrected chi connectivity index (χ3v) is 4.65. The van der Waals surface area contributed by atoms with Crippen LogP contribution in [0, 0.1) is 0 Å². The maximum atomic E-state index is 12.3. The van der Waals surface area contributed by atoms with Gasteiger partial charge in [0, 0.05) is 12.8 Å².